The zero-order valence-electron chi connectivity index (χ0n) is 15.2. The molecule has 7 heteroatoms. The molecule has 0 radical (unpaired) electrons. The van der Waals surface area contributed by atoms with E-state index in [0.717, 1.165) is 13.6 Å². The van der Waals surface area contributed by atoms with E-state index in [4.69, 9.17) is 0 Å². The number of fused-ring (bicyclic) bond motifs is 1. The molecule has 0 saturated heterocycles. The van der Waals surface area contributed by atoms with Crippen molar-refractivity contribution >= 4 is 11.2 Å². The van der Waals surface area contributed by atoms with Crippen LogP contribution in [0.15, 0.2) is 36.9 Å². The predicted molar refractivity (Wildman–Crippen MR) is 95.9 cm³/mol. The van der Waals surface area contributed by atoms with Gasteiger partial charge in [0.05, 0.1) is 0 Å². The van der Waals surface area contributed by atoms with Gasteiger partial charge in [0.2, 0.25) is 0 Å². The van der Waals surface area contributed by atoms with Crippen LogP contribution >= 0.6 is 0 Å². The number of hydrogen-bond acceptors (Lipinski definition) is 5. The fraction of sp³-hybridized carbons (Fsp3) is 0.421. The van der Waals surface area contributed by atoms with E-state index in [1.807, 2.05) is 18.4 Å². The molecule has 0 aliphatic rings. The second-order valence-electron chi connectivity index (χ2n) is 6.45. The van der Waals surface area contributed by atoms with E-state index in [-0.39, 0.29) is 27.2 Å². The van der Waals surface area contributed by atoms with Crippen LogP contribution in [0.3, 0.4) is 0 Å². The summed E-state index contributed by atoms with van der Waals surface area (Å²) in [6.45, 7) is 5.82. The Balaban J connectivity index is 1.84. The molecule has 3 rings (SSSR count). The molecule has 0 fully saturated rings. The van der Waals surface area contributed by atoms with Gasteiger partial charge < -0.3 is 0 Å². The molecule has 1 aromatic carbocycles. The molecule has 2 N–H and O–H groups in total. The molecule has 0 bridgehead atoms. The molecule has 2 heterocycles. The summed E-state index contributed by atoms with van der Waals surface area (Å²) >= 11 is -0.344. The number of rotatable bonds is 7. The standard InChI is InChI=1S/C19H24IN4O2/c1-4-15(25)17(26)13(3)24-11-23-16-18(21-10-22-19(16)24)20-9-14-7-5-6-12(2)8-14/h5-8,10-11,13,15,17,25-26H,4,9H2,1-3H3/q-1. The number of halogens is 1. The third kappa shape index (κ3) is 4.05. The third-order valence-corrected chi connectivity index (χ3v) is 7.26. The summed E-state index contributed by atoms with van der Waals surface area (Å²) < 4.78 is 3.83. The fourth-order valence-corrected chi connectivity index (χ4v) is 5.22. The van der Waals surface area contributed by atoms with Gasteiger partial charge in [-0.1, -0.05) is 0 Å². The van der Waals surface area contributed by atoms with Crippen LogP contribution in [0.4, 0.5) is 0 Å². The molecular weight excluding hydrogens is 443 g/mol. The van der Waals surface area contributed by atoms with Crippen LogP contribution in [0, 0.1) is 10.6 Å². The molecule has 26 heavy (non-hydrogen) atoms. The van der Waals surface area contributed by atoms with Crippen molar-refractivity contribution in [1.82, 2.24) is 19.5 Å². The van der Waals surface area contributed by atoms with Crippen molar-refractivity contribution in [2.75, 3.05) is 0 Å². The Bertz CT molecular complexity index is 883. The number of aliphatic hydroxyl groups is 2. The number of nitrogens with zero attached hydrogens (tertiary/aromatic N) is 4. The summed E-state index contributed by atoms with van der Waals surface area (Å²) in [6, 6.07) is 8.23. The fourth-order valence-electron chi connectivity index (χ4n) is 2.88. The van der Waals surface area contributed by atoms with Gasteiger partial charge in [-0.3, -0.25) is 0 Å². The molecule has 0 aliphatic carbocycles. The molecule has 3 aromatic rings. The van der Waals surface area contributed by atoms with Gasteiger partial charge in [-0.25, -0.2) is 0 Å². The monoisotopic (exact) mass is 467 g/mol. The number of benzene rings is 1. The molecule has 0 aliphatic heterocycles. The second-order valence-corrected chi connectivity index (χ2v) is 9.00. The minimum atomic E-state index is -0.863. The first-order valence-corrected chi connectivity index (χ1v) is 11.3. The summed E-state index contributed by atoms with van der Waals surface area (Å²) in [7, 11) is 0. The van der Waals surface area contributed by atoms with Gasteiger partial charge in [-0.15, -0.1) is 0 Å². The number of alkyl halides is 1. The van der Waals surface area contributed by atoms with Gasteiger partial charge in [-0.2, -0.15) is 0 Å². The van der Waals surface area contributed by atoms with Crippen molar-refractivity contribution in [3.63, 3.8) is 0 Å². The maximum atomic E-state index is 10.3. The van der Waals surface area contributed by atoms with E-state index in [1.165, 1.54) is 11.1 Å². The summed E-state index contributed by atoms with van der Waals surface area (Å²) in [6.07, 6.45) is 2.13. The van der Waals surface area contributed by atoms with Crippen LogP contribution < -0.4 is 21.2 Å². The number of aromatic nitrogens is 4. The molecule has 6 nitrogen and oxygen atoms in total. The van der Waals surface area contributed by atoms with Gasteiger partial charge in [0.15, 0.2) is 0 Å². The van der Waals surface area contributed by atoms with Crippen molar-refractivity contribution in [3.05, 3.63) is 51.7 Å². The summed E-state index contributed by atoms with van der Waals surface area (Å²) in [5.74, 6) is 0. The van der Waals surface area contributed by atoms with Gasteiger partial charge in [0, 0.05) is 0 Å². The van der Waals surface area contributed by atoms with E-state index in [0.29, 0.717) is 12.1 Å². The van der Waals surface area contributed by atoms with Crippen molar-refractivity contribution in [2.24, 2.45) is 0 Å². The topological polar surface area (TPSA) is 84.1 Å². The van der Waals surface area contributed by atoms with Crippen molar-refractivity contribution < 1.29 is 31.4 Å². The minimum absolute atomic E-state index is 0.312. The Morgan fingerprint density at radius 2 is 2.00 bits per heavy atom. The quantitative estimate of drug-likeness (QED) is 0.273. The second kappa shape index (κ2) is 8.41. The van der Waals surface area contributed by atoms with Gasteiger partial charge in [0.25, 0.3) is 0 Å². The molecule has 0 amide bonds. The van der Waals surface area contributed by atoms with E-state index in [2.05, 4.69) is 46.1 Å². The zero-order chi connectivity index (χ0) is 18.7. The normalized spacial score (nSPS) is 15.3. The van der Waals surface area contributed by atoms with Crippen molar-refractivity contribution in [2.45, 2.75) is 49.9 Å². The number of hydrogen-bond donors (Lipinski definition) is 2. The van der Waals surface area contributed by atoms with Crippen LogP contribution in [-0.4, -0.2) is 41.9 Å². The summed E-state index contributed by atoms with van der Waals surface area (Å²) in [4.78, 5) is 13.3. The van der Waals surface area contributed by atoms with Crippen LogP contribution in [-0.2, 0) is 4.43 Å². The van der Waals surface area contributed by atoms with Crippen molar-refractivity contribution in [3.8, 4) is 0 Å². The molecule has 0 spiro atoms. The van der Waals surface area contributed by atoms with Crippen molar-refractivity contribution in [1.29, 1.82) is 0 Å². The van der Waals surface area contributed by atoms with E-state index >= 15 is 0 Å². The number of aliphatic hydroxyl groups excluding tert-OH is 2. The van der Waals surface area contributed by atoms with Crippen LogP contribution in [0.5, 0.6) is 0 Å². The average Bonchev–Trinajstić information content (AvgIpc) is 3.09. The Labute approximate surface area is 163 Å². The first kappa shape index (κ1) is 19.2. The van der Waals surface area contributed by atoms with Crippen LogP contribution in [0.25, 0.3) is 11.2 Å². The number of aryl methyl sites for hydroxylation is 1. The SMILES string of the molecule is CCC(O)C(O)C(C)n1cnc2c([I-]Cc3cccc(C)c3)ncnc21. The molecule has 2 aromatic heterocycles. The Hall–Kier alpha value is -1.58. The van der Waals surface area contributed by atoms with Gasteiger partial charge in [-0.05, 0) is 0 Å². The van der Waals surface area contributed by atoms with Crippen LogP contribution in [0.1, 0.15) is 37.4 Å². The van der Waals surface area contributed by atoms with Gasteiger partial charge in [0.1, 0.15) is 0 Å². The first-order chi connectivity index (χ1) is 12.5. The Kier molecular flexibility index (Phi) is 6.20. The van der Waals surface area contributed by atoms with Crippen LogP contribution in [0.2, 0.25) is 0 Å². The van der Waals surface area contributed by atoms with E-state index < -0.39 is 12.2 Å². The Morgan fingerprint density at radius 1 is 1.19 bits per heavy atom. The van der Waals surface area contributed by atoms with E-state index in [1.54, 1.807) is 12.7 Å². The molecular formula is C19H24IN4O2-. The molecule has 140 valence electrons. The average molecular weight is 467 g/mol. The molecule has 3 atom stereocenters. The van der Waals surface area contributed by atoms with Gasteiger partial charge >= 0.3 is 164 Å². The molecule has 0 saturated carbocycles. The summed E-state index contributed by atoms with van der Waals surface area (Å²) in [5.41, 5.74) is 4.10. The predicted octanol–water partition coefficient (Wildman–Crippen LogP) is -0.714. The first-order valence-electron chi connectivity index (χ1n) is 8.69. The Morgan fingerprint density at radius 3 is 2.73 bits per heavy atom. The number of imidazole rings is 1. The maximum absolute atomic E-state index is 10.3. The molecule has 3 unspecified atom stereocenters. The third-order valence-electron chi connectivity index (χ3n) is 4.49. The zero-order valence-corrected chi connectivity index (χ0v) is 17.3. The van der Waals surface area contributed by atoms with E-state index in [9.17, 15) is 10.2 Å². The summed E-state index contributed by atoms with van der Waals surface area (Å²) in [5, 5.41) is 20.3.